The average Bonchev–Trinajstić information content (AvgIpc) is 2.63. The number of benzene rings is 2. The molecule has 1 atom stereocenters. The van der Waals surface area contributed by atoms with Crippen LogP contribution in [0.2, 0.25) is 5.02 Å². The molecular weight excluding hydrogens is 345 g/mol. The Morgan fingerprint density at radius 1 is 1.08 bits per heavy atom. The second kappa shape index (κ2) is 7.92. The molecule has 0 aliphatic rings. The third-order valence-electron chi connectivity index (χ3n) is 3.42. The summed E-state index contributed by atoms with van der Waals surface area (Å²) in [7, 11) is 0. The smallest absolute Gasteiger partial charge is 0.226 e. The Hall–Kier alpha value is -2.70. The van der Waals surface area contributed by atoms with E-state index >= 15 is 0 Å². The van der Waals surface area contributed by atoms with Crippen LogP contribution < -0.4 is 10.1 Å². The van der Waals surface area contributed by atoms with E-state index in [1.165, 1.54) is 30.5 Å². The zero-order valence-electron chi connectivity index (χ0n) is 13.1. The summed E-state index contributed by atoms with van der Waals surface area (Å²) in [5, 5.41) is 13.3. The Labute approximate surface area is 149 Å². The van der Waals surface area contributed by atoms with Gasteiger partial charge in [-0.3, -0.25) is 0 Å². The van der Waals surface area contributed by atoms with Gasteiger partial charge in [0, 0.05) is 17.3 Å². The summed E-state index contributed by atoms with van der Waals surface area (Å²) in [4.78, 5) is 8.37. The number of nitrogens with one attached hydrogen (secondary N) is 1. The Morgan fingerprint density at radius 2 is 1.80 bits per heavy atom. The van der Waals surface area contributed by atoms with Gasteiger partial charge in [-0.1, -0.05) is 23.7 Å². The van der Waals surface area contributed by atoms with Crippen LogP contribution in [0.3, 0.4) is 0 Å². The van der Waals surface area contributed by atoms with E-state index in [0.717, 1.165) is 5.56 Å². The second-order valence-electron chi connectivity index (χ2n) is 5.21. The molecule has 0 spiro atoms. The van der Waals surface area contributed by atoms with E-state index in [1.807, 2.05) is 12.1 Å². The lowest BCUT2D eigenvalue weighted by molar-refractivity contribution is 0.275. The molecule has 0 saturated carbocycles. The first-order valence-corrected chi connectivity index (χ1v) is 7.91. The molecule has 2 aromatic carbocycles. The number of anilines is 1. The van der Waals surface area contributed by atoms with E-state index in [-0.39, 0.29) is 12.4 Å². The largest absolute Gasteiger partial charge is 0.439 e. The normalized spacial score (nSPS) is 11.8. The highest BCUT2D eigenvalue weighted by Gasteiger charge is 2.12. The van der Waals surface area contributed by atoms with E-state index in [1.54, 1.807) is 18.2 Å². The number of ether oxygens (including phenoxy) is 1. The summed E-state index contributed by atoms with van der Waals surface area (Å²) >= 11 is 5.88. The standard InChI is InChI=1S/C18H15ClFN3O2/c19-13-3-1-12(2-4-13)16(11-24)22-18-21-10-9-17(23-18)25-15-7-5-14(20)6-8-15/h1-10,16,24H,11H2,(H,21,22,23). The molecule has 3 rings (SSSR count). The number of aliphatic hydroxyl groups excluding tert-OH is 1. The summed E-state index contributed by atoms with van der Waals surface area (Å²) < 4.78 is 18.5. The van der Waals surface area contributed by atoms with E-state index < -0.39 is 6.04 Å². The highest BCUT2D eigenvalue weighted by Crippen LogP contribution is 2.23. The van der Waals surface area contributed by atoms with Crippen LogP contribution in [0.5, 0.6) is 11.6 Å². The van der Waals surface area contributed by atoms with Crippen molar-refractivity contribution in [3.63, 3.8) is 0 Å². The van der Waals surface area contributed by atoms with E-state index in [4.69, 9.17) is 16.3 Å². The third kappa shape index (κ3) is 4.65. The molecule has 3 aromatic rings. The number of aromatic nitrogens is 2. The minimum atomic E-state index is -0.390. The number of hydrogen-bond donors (Lipinski definition) is 2. The minimum absolute atomic E-state index is 0.145. The maximum Gasteiger partial charge on any atom is 0.226 e. The van der Waals surface area contributed by atoms with Crippen molar-refractivity contribution in [1.29, 1.82) is 0 Å². The van der Waals surface area contributed by atoms with Crippen molar-refractivity contribution >= 4 is 17.5 Å². The van der Waals surface area contributed by atoms with Crippen LogP contribution in [0.4, 0.5) is 10.3 Å². The van der Waals surface area contributed by atoms with Crippen molar-refractivity contribution in [3.8, 4) is 11.6 Å². The molecular formula is C18H15ClFN3O2. The second-order valence-corrected chi connectivity index (χ2v) is 5.64. The maximum absolute atomic E-state index is 12.9. The summed E-state index contributed by atoms with van der Waals surface area (Å²) in [5.41, 5.74) is 0.848. The Morgan fingerprint density at radius 3 is 2.48 bits per heavy atom. The number of hydrogen-bond acceptors (Lipinski definition) is 5. The Balaban J connectivity index is 1.73. The quantitative estimate of drug-likeness (QED) is 0.690. The summed E-state index contributed by atoms with van der Waals surface area (Å²) in [5.74, 6) is 0.721. The van der Waals surface area contributed by atoms with Crippen molar-refractivity contribution < 1.29 is 14.2 Å². The first kappa shape index (κ1) is 17.1. The molecule has 7 heteroatoms. The summed E-state index contributed by atoms with van der Waals surface area (Å²) in [6.45, 7) is -0.145. The first-order valence-electron chi connectivity index (χ1n) is 7.53. The van der Waals surface area contributed by atoms with Crippen molar-refractivity contribution in [2.24, 2.45) is 0 Å². The molecule has 128 valence electrons. The van der Waals surface area contributed by atoms with Crippen LogP contribution in [-0.2, 0) is 0 Å². The van der Waals surface area contributed by atoms with E-state index in [9.17, 15) is 9.50 Å². The van der Waals surface area contributed by atoms with E-state index in [0.29, 0.717) is 22.6 Å². The van der Waals surface area contributed by atoms with Crippen LogP contribution >= 0.6 is 11.6 Å². The number of nitrogens with zero attached hydrogens (tertiary/aromatic N) is 2. The zero-order chi connectivity index (χ0) is 17.6. The van der Waals surface area contributed by atoms with Crippen LogP contribution in [-0.4, -0.2) is 21.7 Å². The number of aliphatic hydroxyl groups is 1. The van der Waals surface area contributed by atoms with Gasteiger partial charge in [0.15, 0.2) is 0 Å². The van der Waals surface area contributed by atoms with Gasteiger partial charge in [0.05, 0.1) is 12.6 Å². The molecule has 0 aliphatic heterocycles. The Bertz CT molecular complexity index is 828. The lowest BCUT2D eigenvalue weighted by Crippen LogP contribution is -2.16. The number of halogens is 2. The van der Waals surface area contributed by atoms with Crippen molar-refractivity contribution in [3.05, 3.63) is 77.2 Å². The molecule has 0 radical (unpaired) electrons. The van der Waals surface area contributed by atoms with Crippen LogP contribution in [0.1, 0.15) is 11.6 Å². The highest BCUT2D eigenvalue weighted by atomic mass is 35.5. The minimum Gasteiger partial charge on any atom is -0.439 e. The van der Waals surface area contributed by atoms with Gasteiger partial charge in [0.2, 0.25) is 11.8 Å². The lowest BCUT2D eigenvalue weighted by atomic mass is 10.1. The van der Waals surface area contributed by atoms with Crippen molar-refractivity contribution in [2.75, 3.05) is 11.9 Å². The van der Waals surface area contributed by atoms with Gasteiger partial charge in [0.1, 0.15) is 11.6 Å². The molecule has 5 nitrogen and oxygen atoms in total. The molecule has 1 heterocycles. The van der Waals surface area contributed by atoms with E-state index in [2.05, 4.69) is 15.3 Å². The molecule has 25 heavy (non-hydrogen) atoms. The fraction of sp³-hybridized carbons (Fsp3) is 0.111. The average molecular weight is 360 g/mol. The zero-order valence-corrected chi connectivity index (χ0v) is 13.8. The molecule has 2 N–H and O–H groups in total. The Kier molecular flexibility index (Phi) is 5.42. The predicted octanol–water partition coefficient (Wildman–Crippen LogP) is 4.21. The topological polar surface area (TPSA) is 67.3 Å². The highest BCUT2D eigenvalue weighted by molar-refractivity contribution is 6.30. The van der Waals surface area contributed by atoms with Gasteiger partial charge in [-0.2, -0.15) is 4.98 Å². The molecule has 0 amide bonds. The molecule has 0 saturated heterocycles. The van der Waals surface area contributed by atoms with Gasteiger partial charge < -0.3 is 15.2 Å². The maximum atomic E-state index is 12.9. The SMILES string of the molecule is OCC(Nc1nccc(Oc2ccc(F)cc2)n1)c1ccc(Cl)cc1. The van der Waals surface area contributed by atoms with Gasteiger partial charge >= 0.3 is 0 Å². The molecule has 0 bridgehead atoms. The van der Waals surface area contributed by atoms with Gasteiger partial charge in [-0.05, 0) is 42.0 Å². The summed E-state index contributed by atoms with van der Waals surface area (Å²) in [6, 6.07) is 13.9. The van der Waals surface area contributed by atoms with Crippen LogP contribution in [0, 0.1) is 5.82 Å². The van der Waals surface area contributed by atoms with Crippen LogP contribution in [0.15, 0.2) is 60.8 Å². The molecule has 1 aromatic heterocycles. The van der Waals surface area contributed by atoms with Crippen LogP contribution in [0.25, 0.3) is 0 Å². The lowest BCUT2D eigenvalue weighted by Gasteiger charge is -2.17. The first-order chi connectivity index (χ1) is 12.1. The van der Waals surface area contributed by atoms with Crippen molar-refractivity contribution in [2.45, 2.75) is 6.04 Å². The predicted molar refractivity (Wildman–Crippen MR) is 93.4 cm³/mol. The van der Waals surface area contributed by atoms with Gasteiger partial charge in [-0.25, -0.2) is 9.37 Å². The number of rotatable bonds is 6. The third-order valence-corrected chi connectivity index (χ3v) is 3.68. The summed E-state index contributed by atoms with van der Waals surface area (Å²) in [6.07, 6.45) is 1.53. The molecule has 1 unspecified atom stereocenters. The van der Waals surface area contributed by atoms with Gasteiger partial charge in [-0.15, -0.1) is 0 Å². The molecule has 0 fully saturated rings. The molecule has 0 aliphatic carbocycles. The fourth-order valence-corrected chi connectivity index (χ4v) is 2.30. The monoisotopic (exact) mass is 359 g/mol. The van der Waals surface area contributed by atoms with Crippen molar-refractivity contribution in [1.82, 2.24) is 9.97 Å². The van der Waals surface area contributed by atoms with Gasteiger partial charge in [0.25, 0.3) is 0 Å². The fourth-order valence-electron chi connectivity index (χ4n) is 2.18.